The lowest BCUT2D eigenvalue weighted by Crippen LogP contribution is -2.10. The standard InChI is InChI=1S/C25H20N4/c1-3-7-19(8-4-1)11-14-24-27-22-13-12-21(17-23(22)28-24)25(29-16-15-26-18-29)20-9-5-2-6-10-20/h1-18,25H,(H,27,28). The molecule has 0 saturated heterocycles. The molecule has 0 amide bonds. The number of imidazole rings is 2. The molecule has 1 atom stereocenters. The number of nitrogens with zero attached hydrogens (tertiary/aromatic N) is 3. The highest BCUT2D eigenvalue weighted by Crippen LogP contribution is 2.28. The van der Waals surface area contributed by atoms with Crippen molar-refractivity contribution in [3.63, 3.8) is 0 Å². The quantitative estimate of drug-likeness (QED) is 0.436. The Morgan fingerprint density at radius 1 is 0.828 bits per heavy atom. The zero-order valence-electron chi connectivity index (χ0n) is 15.8. The van der Waals surface area contributed by atoms with Crippen LogP contribution in [0.2, 0.25) is 0 Å². The van der Waals surface area contributed by atoms with Gasteiger partial charge in [0.2, 0.25) is 0 Å². The number of aromatic nitrogens is 4. The van der Waals surface area contributed by atoms with Gasteiger partial charge < -0.3 is 9.55 Å². The van der Waals surface area contributed by atoms with Crippen LogP contribution in [-0.4, -0.2) is 19.5 Å². The van der Waals surface area contributed by atoms with E-state index in [0.717, 1.165) is 22.4 Å². The van der Waals surface area contributed by atoms with Crippen molar-refractivity contribution in [2.24, 2.45) is 0 Å². The maximum absolute atomic E-state index is 4.78. The number of aromatic amines is 1. The summed E-state index contributed by atoms with van der Waals surface area (Å²) in [5, 5.41) is 0. The lowest BCUT2D eigenvalue weighted by atomic mass is 9.98. The summed E-state index contributed by atoms with van der Waals surface area (Å²) in [6, 6.07) is 27.2. The van der Waals surface area contributed by atoms with Gasteiger partial charge in [-0.2, -0.15) is 0 Å². The van der Waals surface area contributed by atoms with Crippen LogP contribution in [0.5, 0.6) is 0 Å². The van der Waals surface area contributed by atoms with Gasteiger partial charge in [0.15, 0.2) is 0 Å². The van der Waals surface area contributed by atoms with Crippen LogP contribution in [0.4, 0.5) is 0 Å². The molecular formula is C25H20N4. The Kier molecular flexibility index (Phi) is 4.51. The van der Waals surface area contributed by atoms with E-state index in [2.05, 4.69) is 75.2 Å². The van der Waals surface area contributed by atoms with Crippen molar-refractivity contribution in [2.45, 2.75) is 6.04 Å². The molecule has 0 bridgehead atoms. The second-order valence-electron chi connectivity index (χ2n) is 6.97. The van der Waals surface area contributed by atoms with Crippen molar-refractivity contribution in [1.29, 1.82) is 0 Å². The molecule has 2 aromatic heterocycles. The number of H-pyrrole nitrogens is 1. The Bertz CT molecular complexity index is 1240. The monoisotopic (exact) mass is 376 g/mol. The number of fused-ring (bicyclic) bond motifs is 1. The minimum Gasteiger partial charge on any atom is -0.338 e. The zero-order chi connectivity index (χ0) is 19.5. The number of hydrogen-bond donors (Lipinski definition) is 1. The van der Waals surface area contributed by atoms with E-state index in [9.17, 15) is 0 Å². The summed E-state index contributed by atoms with van der Waals surface area (Å²) in [4.78, 5) is 12.4. The molecule has 140 valence electrons. The lowest BCUT2D eigenvalue weighted by Gasteiger charge is -2.19. The topological polar surface area (TPSA) is 46.5 Å². The first-order chi connectivity index (χ1) is 14.4. The normalized spacial score (nSPS) is 12.6. The van der Waals surface area contributed by atoms with Crippen LogP contribution in [-0.2, 0) is 0 Å². The summed E-state index contributed by atoms with van der Waals surface area (Å²) >= 11 is 0. The van der Waals surface area contributed by atoms with Crippen molar-refractivity contribution < 1.29 is 0 Å². The van der Waals surface area contributed by atoms with E-state index in [-0.39, 0.29) is 6.04 Å². The van der Waals surface area contributed by atoms with E-state index < -0.39 is 0 Å². The average Bonchev–Trinajstić information content (AvgIpc) is 3.44. The van der Waals surface area contributed by atoms with Crippen LogP contribution in [0.3, 0.4) is 0 Å². The summed E-state index contributed by atoms with van der Waals surface area (Å²) in [7, 11) is 0. The van der Waals surface area contributed by atoms with Gasteiger partial charge in [0, 0.05) is 12.4 Å². The molecule has 3 aromatic carbocycles. The van der Waals surface area contributed by atoms with Crippen LogP contribution in [0, 0.1) is 0 Å². The Labute approximate surface area is 169 Å². The Balaban J connectivity index is 1.52. The minimum atomic E-state index is 0.0584. The molecule has 1 unspecified atom stereocenters. The molecule has 1 N–H and O–H groups in total. The van der Waals surface area contributed by atoms with Crippen LogP contribution in [0.25, 0.3) is 23.2 Å². The van der Waals surface area contributed by atoms with Gasteiger partial charge in [-0.1, -0.05) is 72.8 Å². The second-order valence-corrected chi connectivity index (χ2v) is 6.97. The average molecular weight is 376 g/mol. The van der Waals surface area contributed by atoms with Crippen LogP contribution in [0.15, 0.2) is 97.6 Å². The molecule has 5 rings (SSSR count). The summed E-state index contributed by atoms with van der Waals surface area (Å²) in [5.74, 6) is 0.847. The molecule has 29 heavy (non-hydrogen) atoms. The first-order valence-corrected chi connectivity index (χ1v) is 9.62. The van der Waals surface area contributed by atoms with Gasteiger partial charge in [-0.15, -0.1) is 0 Å². The molecule has 4 heteroatoms. The van der Waals surface area contributed by atoms with Gasteiger partial charge in [0.05, 0.1) is 23.4 Å². The molecule has 4 nitrogen and oxygen atoms in total. The SMILES string of the molecule is C(=Cc1nc2cc(C(c3ccccc3)n3ccnc3)ccc2[nH]1)c1ccccc1. The molecule has 0 spiro atoms. The smallest absolute Gasteiger partial charge is 0.131 e. The van der Waals surface area contributed by atoms with E-state index in [0.29, 0.717) is 0 Å². The fourth-order valence-corrected chi connectivity index (χ4v) is 3.63. The second kappa shape index (κ2) is 7.60. The van der Waals surface area contributed by atoms with Crippen LogP contribution >= 0.6 is 0 Å². The van der Waals surface area contributed by atoms with E-state index in [1.807, 2.05) is 49.1 Å². The molecule has 0 aliphatic heterocycles. The first kappa shape index (κ1) is 17.2. The molecule has 0 aliphatic carbocycles. The van der Waals surface area contributed by atoms with Gasteiger partial charge >= 0.3 is 0 Å². The molecule has 0 fully saturated rings. The Hall–Kier alpha value is -3.92. The van der Waals surface area contributed by atoms with E-state index in [4.69, 9.17) is 4.98 Å². The zero-order valence-corrected chi connectivity index (χ0v) is 15.8. The molecule has 0 radical (unpaired) electrons. The van der Waals surface area contributed by atoms with Crippen LogP contribution < -0.4 is 0 Å². The van der Waals surface area contributed by atoms with E-state index >= 15 is 0 Å². The highest BCUT2D eigenvalue weighted by Gasteiger charge is 2.16. The minimum absolute atomic E-state index is 0.0584. The number of rotatable bonds is 5. The molecule has 5 aromatic rings. The fourth-order valence-electron chi connectivity index (χ4n) is 3.63. The van der Waals surface area contributed by atoms with E-state index in [1.165, 1.54) is 11.1 Å². The summed E-state index contributed by atoms with van der Waals surface area (Å²) in [6.07, 6.45) is 9.76. The van der Waals surface area contributed by atoms with Crippen molar-refractivity contribution in [3.8, 4) is 0 Å². The maximum atomic E-state index is 4.78. The van der Waals surface area contributed by atoms with Gasteiger partial charge in [-0.25, -0.2) is 9.97 Å². The Morgan fingerprint density at radius 2 is 1.62 bits per heavy atom. The van der Waals surface area contributed by atoms with Crippen molar-refractivity contribution in [3.05, 3.63) is 120 Å². The molecule has 2 heterocycles. The highest BCUT2D eigenvalue weighted by atomic mass is 15.1. The van der Waals surface area contributed by atoms with Gasteiger partial charge in [-0.05, 0) is 34.9 Å². The number of nitrogens with one attached hydrogen (secondary N) is 1. The number of hydrogen-bond acceptors (Lipinski definition) is 2. The third kappa shape index (κ3) is 3.60. The third-order valence-corrected chi connectivity index (χ3v) is 5.01. The summed E-state index contributed by atoms with van der Waals surface area (Å²) < 4.78 is 2.12. The predicted octanol–water partition coefficient (Wildman–Crippen LogP) is 5.57. The Morgan fingerprint density at radius 3 is 2.38 bits per heavy atom. The van der Waals surface area contributed by atoms with Gasteiger partial charge in [-0.3, -0.25) is 0 Å². The van der Waals surface area contributed by atoms with Crippen molar-refractivity contribution in [1.82, 2.24) is 19.5 Å². The van der Waals surface area contributed by atoms with Crippen molar-refractivity contribution in [2.75, 3.05) is 0 Å². The van der Waals surface area contributed by atoms with Gasteiger partial charge in [0.1, 0.15) is 5.82 Å². The lowest BCUT2D eigenvalue weighted by molar-refractivity contribution is 0.677. The largest absolute Gasteiger partial charge is 0.338 e. The molecule has 0 saturated carbocycles. The molecule has 0 aliphatic rings. The van der Waals surface area contributed by atoms with E-state index in [1.54, 1.807) is 0 Å². The summed E-state index contributed by atoms with van der Waals surface area (Å²) in [5.41, 5.74) is 5.52. The highest BCUT2D eigenvalue weighted by molar-refractivity contribution is 5.79. The number of benzene rings is 3. The van der Waals surface area contributed by atoms with Gasteiger partial charge in [0.25, 0.3) is 0 Å². The van der Waals surface area contributed by atoms with Crippen molar-refractivity contribution >= 4 is 23.2 Å². The third-order valence-electron chi connectivity index (χ3n) is 5.01. The molecular weight excluding hydrogens is 356 g/mol. The fraction of sp³-hybridized carbons (Fsp3) is 0.0400. The first-order valence-electron chi connectivity index (χ1n) is 9.62. The maximum Gasteiger partial charge on any atom is 0.131 e. The predicted molar refractivity (Wildman–Crippen MR) is 117 cm³/mol. The van der Waals surface area contributed by atoms with Crippen LogP contribution in [0.1, 0.15) is 28.6 Å². The summed E-state index contributed by atoms with van der Waals surface area (Å²) in [6.45, 7) is 0.